The number of aromatic nitrogens is 1. The predicted octanol–water partition coefficient (Wildman–Crippen LogP) is 4.98. The molecule has 12 heteroatoms. The van der Waals surface area contributed by atoms with Crippen LogP contribution in [0.2, 0.25) is 0 Å². The summed E-state index contributed by atoms with van der Waals surface area (Å²) in [6.45, 7) is 14.9. The van der Waals surface area contributed by atoms with E-state index in [-0.39, 0.29) is 18.7 Å². The quantitative estimate of drug-likeness (QED) is 0.323. The molecule has 0 bridgehead atoms. The average molecular weight is 601 g/mol. The van der Waals surface area contributed by atoms with Gasteiger partial charge in [0.2, 0.25) is 5.54 Å². The van der Waals surface area contributed by atoms with Crippen LogP contribution in [-0.4, -0.2) is 82.9 Å². The maximum Gasteiger partial charge on any atom is 0.338 e. The molecule has 0 unspecified atom stereocenters. The first-order valence-corrected chi connectivity index (χ1v) is 15.0. The summed E-state index contributed by atoms with van der Waals surface area (Å²) in [7, 11) is 0. The maximum absolute atomic E-state index is 15.6. The minimum atomic E-state index is -2.98. The van der Waals surface area contributed by atoms with Gasteiger partial charge in [-0.05, 0) is 37.5 Å². The van der Waals surface area contributed by atoms with Crippen molar-refractivity contribution < 1.29 is 22.7 Å². The summed E-state index contributed by atoms with van der Waals surface area (Å²) in [6.07, 6.45) is 2.67. The lowest BCUT2D eigenvalue weighted by molar-refractivity contribution is -0.139. The van der Waals surface area contributed by atoms with Crippen LogP contribution < -0.4 is 5.32 Å². The van der Waals surface area contributed by atoms with Crippen molar-refractivity contribution in [1.82, 2.24) is 20.1 Å². The summed E-state index contributed by atoms with van der Waals surface area (Å²) >= 11 is 1.34. The number of alkyl halides is 2. The second-order valence-corrected chi connectivity index (χ2v) is 12.5. The van der Waals surface area contributed by atoms with Crippen LogP contribution in [0.1, 0.15) is 55.8 Å². The minimum Gasteiger partial charge on any atom is -0.463 e. The van der Waals surface area contributed by atoms with E-state index in [1.807, 2.05) is 18.7 Å². The summed E-state index contributed by atoms with van der Waals surface area (Å²) in [5.41, 5.74) is 0.782. The second kappa shape index (κ2) is 11.8. The monoisotopic (exact) mass is 600 g/mol. The van der Waals surface area contributed by atoms with E-state index in [9.17, 15) is 9.18 Å². The Balaban J connectivity index is 1.52. The lowest BCUT2D eigenvalue weighted by Crippen LogP contribution is -2.46. The molecule has 0 radical (unpaired) electrons. The Kier molecular flexibility index (Phi) is 8.47. The molecule has 0 amide bonds. The van der Waals surface area contributed by atoms with Crippen LogP contribution in [0.3, 0.4) is 0 Å². The van der Waals surface area contributed by atoms with Crippen molar-refractivity contribution in [3.63, 3.8) is 0 Å². The summed E-state index contributed by atoms with van der Waals surface area (Å²) in [5, 5.41) is 5.58. The van der Waals surface area contributed by atoms with Crippen LogP contribution in [0, 0.1) is 19.3 Å². The molecule has 1 N–H and O–H groups in total. The van der Waals surface area contributed by atoms with Gasteiger partial charge in [0.05, 0.1) is 24.8 Å². The molecule has 2 fully saturated rings. The fraction of sp³-hybridized carbons (Fsp3) is 0.533. The molecule has 2 saturated heterocycles. The highest BCUT2D eigenvalue weighted by Crippen LogP contribution is 2.43. The molecule has 1 aromatic carbocycles. The molecule has 3 atom stereocenters. The van der Waals surface area contributed by atoms with Crippen molar-refractivity contribution in [3.05, 3.63) is 74.4 Å². The number of amidine groups is 1. The first-order chi connectivity index (χ1) is 20.0. The molecule has 42 heavy (non-hydrogen) atoms. The number of likely N-dealkylation sites (tertiary alicyclic amines) is 2. The third-order valence-electron chi connectivity index (χ3n) is 8.32. The third kappa shape index (κ3) is 5.82. The molecule has 224 valence electrons. The SMILES string of the molecule is [C-]#[N+]C(C)(C)CCN1CC[C@H]2[C@@H]1C(F)(F)CN2CC1=C(C(=O)OCC)[C@H](c2cccc(F)c2C)N=C(c2nccs2)N1. The van der Waals surface area contributed by atoms with Crippen LogP contribution in [0.4, 0.5) is 13.2 Å². The Labute approximate surface area is 248 Å². The summed E-state index contributed by atoms with van der Waals surface area (Å²) in [4.78, 5) is 29.8. The summed E-state index contributed by atoms with van der Waals surface area (Å²) in [5.74, 6) is -3.66. The number of ether oxygens (including phenoxy) is 1. The van der Waals surface area contributed by atoms with Crippen LogP contribution in [-0.2, 0) is 9.53 Å². The first kappa shape index (κ1) is 30.2. The van der Waals surface area contributed by atoms with Gasteiger partial charge in [-0.1, -0.05) is 12.1 Å². The number of esters is 1. The number of carbonyl (C=O) groups is 1. The molecule has 2 aromatic rings. The summed E-state index contributed by atoms with van der Waals surface area (Å²) < 4.78 is 51.4. The van der Waals surface area contributed by atoms with Gasteiger partial charge in [-0.25, -0.2) is 29.5 Å². The molecule has 4 heterocycles. The van der Waals surface area contributed by atoms with Gasteiger partial charge in [-0.15, -0.1) is 11.3 Å². The number of hydrogen-bond acceptors (Lipinski definition) is 8. The Hall–Kier alpha value is -3.27. The van der Waals surface area contributed by atoms with Crippen LogP contribution in [0.5, 0.6) is 0 Å². The molecule has 5 rings (SSSR count). The highest BCUT2D eigenvalue weighted by molar-refractivity contribution is 7.11. The van der Waals surface area contributed by atoms with Gasteiger partial charge in [-0.3, -0.25) is 14.8 Å². The lowest BCUT2D eigenvalue weighted by atomic mass is 9.92. The number of nitrogens with one attached hydrogen (secondary N) is 1. The molecule has 3 aliphatic heterocycles. The van der Waals surface area contributed by atoms with Gasteiger partial charge in [-0.2, -0.15) is 0 Å². The molecule has 0 spiro atoms. The van der Waals surface area contributed by atoms with Crippen molar-refractivity contribution in [1.29, 1.82) is 0 Å². The lowest BCUT2D eigenvalue weighted by Gasteiger charge is -2.31. The predicted molar refractivity (Wildman–Crippen MR) is 155 cm³/mol. The number of halogens is 3. The number of carbonyl (C=O) groups excluding carboxylic acids is 1. The first-order valence-electron chi connectivity index (χ1n) is 14.1. The molecule has 0 saturated carbocycles. The molecular weight excluding hydrogens is 565 g/mol. The smallest absolute Gasteiger partial charge is 0.338 e. The van der Waals surface area contributed by atoms with Gasteiger partial charge in [0.1, 0.15) is 11.9 Å². The molecular formula is C30H35F3N6O2S. The molecule has 0 aliphatic carbocycles. The zero-order valence-corrected chi connectivity index (χ0v) is 25.0. The largest absolute Gasteiger partial charge is 0.463 e. The van der Waals surface area contributed by atoms with Crippen LogP contribution in [0.15, 0.2) is 46.0 Å². The van der Waals surface area contributed by atoms with Gasteiger partial charge in [0.15, 0.2) is 10.8 Å². The zero-order chi connectivity index (χ0) is 30.2. The number of aliphatic imine (C=N–C) groups is 1. The van der Waals surface area contributed by atoms with Gasteiger partial charge < -0.3 is 14.9 Å². The van der Waals surface area contributed by atoms with E-state index in [4.69, 9.17) is 16.3 Å². The Bertz CT molecular complexity index is 1430. The van der Waals surface area contributed by atoms with Crippen molar-refractivity contribution in [2.24, 2.45) is 4.99 Å². The van der Waals surface area contributed by atoms with Gasteiger partial charge in [0.25, 0.3) is 5.92 Å². The fourth-order valence-corrected chi connectivity index (χ4v) is 6.70. The number of benzene rings is 1. The van der Waals surface area contributed by atoms with Crippen molar-refractivity contribution >= 4 is 23.1 Å². The third-order valence-corrected chi connectivity index (χ3v) is 9.10. The van der Waals surface area contributed by atoms with E-state index < -0.39 is 47.9 Å². The van der Waals surface area contributed by atoms with Gasteiger partial charge in [0, 0.05) is 63.2 Å². The van der Waals surface area contributed by atoms with Crippen molar-refractivity contribution in [3.8, 4) is 0 Å². The number of nitrogens with zero attached hydrogens (tertiary/aromatic N) is 5. The van der Waals surface area contributed by atoms with E-state index in [1.165, 1.54) is 17.4 Å². The number of thiazole rings is 1. The fourth-order valence-electron chi connectivity index (χ4n) is 6.12. The normalized spacial score (nSPS) is 24.2. The van der Waals surface area contributed by atoms with Crippen molar-refractivity contribution in [2.75, 3.05) is 32.8 Å². The minimum absolute atomic E-state index is 0.0293. The van der Waals surface area contributed by atoms with E-state index >= 15 is 8.78 Å². The Morgan fingerprint density at radius 1 is 1.33 bits per heavy atom. The maximum atomic E-state index is 15.6. The number of rotatable bonds is 9. The van der Waals surface area contributed by atoms with E-state index in [2.05, 4.69) is 15.1 Å². The summed E-state index contributed by atoms with van der Waals surface area (Å²) in [6, 6.07) is 2.29. The van der Waals surface area contributed by atoms with E-state index in [0.717, 1.165) is 0 Å². The zero-order valence-electron chi connectivity index (χ0n) is 24.2. The van der Waals surface area contributed by atoms with Gasteiger partial charge >= 0.3 is 5.97 Å². The Morgan fingerprint density at radius 2 is 2.12 bits per heavy atom. The van der Waals surface area contributed by atoms with Crippen molar-refractivity contribution in [2.45, 2.75) is 70.1 Å². The average Bonchev–Trinajstić information content (AvgIpc) is 3.68. The molecule has 1 aromatic heterocycles. The second-order valence-electron chi connectivity index (χ2n) is 11.6. The number of hydrogen-bond donors (Lipinski definition) is 1. The van der Waals surface area contributed by atoms with E-state index in [0.29, 0.717) is 53.6 Å². The highest BCUT2D eigenvalue weighted by Gasteiger charge is 2.59. The van der Waals surface area contributed by atoms with Crippen LogP contribution >= 0.6 is 11.3 Å². The Morgan fingerprint density at radius 3 is 2.81 bits per heavy atom. The number of fused-ring (bicyclic) bond motifs is 1. The van der Waals surface area contributed by atoms with E-state index in [1.54, 1.807) is 42.5 Å². The highest BCUT2D eigenvalue weighted by atomic mass is 32.1. The molecule has 8 nitrogen and oxygen atoms in total. The molecule has 3 aliphatic rings. The van der Waals surface area contributed by atoms with Crippen LogP contribution in [0.25, 0.3) is 4.85 Å². The topological polar surface area (TPSA) is 74.4 Å². The standard InChI is InChI=1S/C30H35F3N6O2S/c1-6-41-28(40)23-21(16-39-17-30(32,33)25-22(39)10-13-38(25)14-11-29(3,4)34-5)36-26(27-35-12-15-42-27)37-24(23)19-8-7-9-20(31)18(19)2/h7-9,12,15,22,24-25H,6,10-11,13-14,16-17H2,1-4H3,(H,36,37)/t22-,24-,25+/m0/s1.